The average Bonchev–Trinajstić information content (AvgIpc) is 3.55. The van der Waals surface area contributed by atoms with Gasteiger partial charge in [-0.3, -0.25) is 9.78 Å². The molecule has 1 aliphatic rings. The molecule has 1 amide bonds. The molecule has 1 fully saturated rings. The van der Waals surface area contributed by atoms with Gasteiger partial charge in [0.2, 0.25) is 5.88 Å². The molecule has 4 heterocycles. The van der Waals surface area contributed by atoms with Crippen LogP contribution in [0.5, 0.6) is 11.6 Å². The highest BCUT2D eigenvalue weighted by Gasteiger charge is 2.25. The lowest BCUT2D eigenvalue weighted by atomic mass is 10.2. The highest BCUT2D eigenvalue weighted by atomic mass is 16.5. The van der Waals surface area contributed by atoms with Crippen LogP contribution in [0, 0.1) is 0 Å². The van der Waals surface area contributed by atoms with Crippen molar-refractivity contribution in [2.75, 3.05) is 5.32 Å². The number of hydrogen-bond acceptors (Lipinski definition) is 7. The van der Waals surface area contributed by atoms with Crippen LogP contribution in [-0.2, 0) is 0 Å². The van der Waals surface area contributed by atoms with Gasteiger partial charge in [0, 0.05) is 36.0 Å². The smallest absolute Gasteiger partial charge is 0.275 e. The van der Waals surface area contributed by atoms with Crippen LogP contribution in [0.2, 0.25) is 0 Å². The summed E-state index contributed by atoms with van der Waals surface area (Å²) < 4.78 is 7.80. The molecule has 0 unspecified atom stereocenters. The third-order valence-electron chi connectivity index (χ3n) is 5.28. The fourth-order valence-corrected chi connectivity index (χ4v) is 3.43. The third-order valence-corrected chi connectivity index (χ3v) is 5.28. The van der Waals surface area contributed by atoms with Gasteiger partial charge in [0.05, 0.1) is 0 Å². The summed E-state index contributed by atoms with van der Waals surface area (Å²) in [6.07, 6.45) is 5.53. The highest BCUT2D eigenvalue weighted by Crippen LogP contribution is 2.39. The number of carbonyl (C=O) groups excluding carboxylic acids is 1. The number of nitrogens with one attached hydrogen (secondary N) is 1. The van der Waals surface area contributed by atoms with E-state index in [0.29, 0.717) is 34.9 Å². The summed E-state index contributed by atoms with van der Waals surface area (Å²) in [6, 6.07) is 14.6. The fourth-order valence-electron chi connectivity index (χ4n) is 3.43. The van der Waals surface area contributed by atoms with E-state index in [-0.39, 0.29) is 11.7 Å². The molecule has 33 heavy (non-hydrogen) atoms. The van der Waals surface area contributed by atoms with Crippen LogP contribution in [0.3, 0.4) is 0 Å². The van der Waals surface area contributed by atoms with Crippen molar-refractivity contribution >= 4 is 11.7 Å². The molecule has 0 bridgehead atoms. The zero-order valence-corrected chi connectivity index (χ0v) is 18.3. The van der Waals surface area contributed by atoms with Gasteiger partial charge >= 0.3 is 0 Å². The largest absolute Gasteiger partial charge is 0.439 e. The Hall–Kier alpha value is -4.14. The zero-order chi connectivity index (χ0) is 22.8. The molecule has 4 aromatic rings. The molecule has 4 aromatic heterocycles. The Kier molecular flexibility index (Phi) is 5.52. The van der Waals surface area contributed by atoms with E-state index in [2.05, 4.69) is 30.5 Å². The SMILES string of the molecule is CC(C)n1cnnc1-c1cccc(NC(=O)c2cc(Oc3cccc(C4CC4)n3)ccn2)n1. The van der Waals surface area contributed by atoms with Crippen molar-refractivity contribution in [2.45, 2.75) is 38.6 Å². The molecular formula is C24H23N7O2. The number of carbonyl (C=O) groups is 1. The monoisotopic (exact) mass is 441 g/mol. The van der Waals surface area contributed by atoms with Crippen molar-refractivity contribution in [3.8, 4) is 23.1 Å². The fraction of sp³-hybridized carbons (Fsp3) is 0.250. The number of amides is 1. The standard InChI is InChI=1S/C24H23N7O2/c1-15(2)31-14-26-30-23(31)19-6-3-7-21(27-19)29-24(32)20-13-17(11-12-25-20)33-22-8-4-5-18(28-22)16-9-10-16/h3-8,11-16H,9-10H2,1-2H3,(H,27,29,32). The number of aromatic nitrogens is 6. The van der Waals surface area contributed by atoms with E-state index in [1.807, 2.05) is 42.7 Å². The number of pyridine rings is 3. The second kappa shape index (κ2) is 8.78. The molecule has 0 spiro atoms. The predicted molar refractivity (Wildman–Crippen MR) is 122 cm³/mol. The molecule has 0 atom stereocenters. The van der Waals surface area contributed by atoms with Gasteiger partial charge in [-0.05, 0) is 51.0 Å². The predicted octanol–water partition coefficient (Wildman–Crippen LogP) is 4.63. The number of anilines is 1. The van der Waals surface area contributed by atoms with Crippen LogP contribution in [0.15, 0.2) is 61.1 Å². The topological polar surface area (TPSA) is 108 Å². The molecule has 5 rings (SSSR count). The average molecular weight is 441 g/mol. The van der Waals surface area contributed by atoms with Crippen molar-refractivity contribution in [3.05, 3.63) is 72.4 Å². The van der Waals surface area contributed by atoms with Crippen molar-refractivity contribution < 1.29 is 9.53 Å². The molecular weight excluding hydrogens is 418 g/mol. The Morgan fingerprint density at radius 1 is 1.12 bits per heavy atom. The Morgan fingerprint density at radius 2 is 1.97 bits per heavy atom. The maximum Gasteiger partial charge on any atom is 0.275 e. The lowest BCUT2D eigenvalue weighted by Crippen LogP contribution is -2.15. The number of rotatable bonds is 7. The Morgan fingerprint density at radius 3 is 2.79 bits per heavy atom. The Labute approximate surface area is 190 Å². The molecule has 0 aliphatic heterocycles. The second-order valence-corrected chi connectivity index (χ2v) is 8.17. The van der Waals surface area contributed by atoms with Gasteiger partial charge in [0.25, 0.3) is 5.91 Å². The summed E-state index contributed by atoms with van der Waals surface area (Å²) in [5.74, 6) is 2.15. The molecule has 166 valence electrons. The number of nitrogens with zero attached hydrogens (tertiary/aromatic N) is 6. The van der Waals surface area contributed by atoms with Crippen LogP contribution in [-0.4, -0.2) is 35.6 Å². The maximum absolute atomic E-state index is 12.8. The van der Waals surface area contributed by atoms with Crippen LogP contribution in [0.1, 0.15) is 54.8 Å². The minimum absolute atomic E-state index is 0.182. The molecule has 1 N–H and O–H groups in total. The first-order valence-electron chi connectivity index (χ1n) is 10.9. The quantitative estimate of drug-likeness (QED) is 0.445. The number of ether oxygens (including phenoxy) is 1. The van der Waals surface area contributed by atoms with E-state index in [0.717, 1.165) is 5.69 Å². The molecule has 0 radical (unpaired) electrons. The molecule has 9 heteroatoms. The van der Waals surface area contributed by atoms with E-state index in [9.17, 15) is 4.79 Å². The van der Waals surface area contributed by atoms with Gasteiger partial charge in [-0.1, -0.05) is 12.1 Å². The minimum Gasteiger partial charge on any atom is -0.439 e. The maximum atomic E-state index is 12.8. The van der Waals surface area contributed by atoms with Crippen LogP contribution in [0.25, 0.3) is 11.5 Å². The van der Waals surface area contributed by atoms with Gasteiger partial charge in [-0.2, -0.15) is 0 Å². The zero-order valence-electron chi connectivity index (χ0n) is 18.3. The van der Waals surface area contributed by atoms with Crippen LogP contribution >= 0.6 is 0 Å². The Balaban J connectivity index is 1.31. The third kappa shape index (κ3) is 4.72. The molecule has 0 aromatic carbocycles. The first-order chi connectivity index (χ1) is 16.1. The summed E-state index contributed by atoms with van der Waals surface area (Å²) in [5.41, 5.74) is 1.87. The molecule has 1 aliphatic carbocycles. The summed E-state index contributed by atoms with van der Waals surface area (Å²) >= 11 is 0. The van der Waals surface area contributed by atoms with E-state index >= 15 is 0 Å². The number of hydrogen-bond donors (Lipinski definition) is 1. The first-order valence-corrected chi connectivity index (χ1v) is 10.9. The van der Waals surface area contributed by atoms with E-state index in [1.54, 1.807) is 30.6 Å². The van der Waals surface area contributed by atoms with Crippen molar-refractivity contribution in [2.24, 2.45) is 0 Å². The first kappa shape index (κ1) is 20.7. The van der Waals surface area contributed by atoms with E-state index in [1.165, 1.54) is 19.0 Å². The lowest BCUT2D eigenvalue weighted by Gasteiger charge is -2.11. The van der Waals surface area contributed by atoms with Gasteiger partial charge in [0.15, 0.2) is 5.82 Å². The summed E-state index contributed by atoms with van der Waals surface area (Å²) in [4.78, 5) is 26.1. The van der Waals surface area contributed by atoms with Crippen molar-refractivity contribution in [3.63, 3.8) is 0 Å². The van der Waals surface area contributed by atoms with Crippen molar-refractivity contribution in [1.82, 2.24) is 29.7 Å². The summed E-state index contributed by atoms with van der Waals surface area (Å²) in [6.45, 7) is 4.08. The van der Waals surface area contributed by atoms with Crippen LogP contribution < -0.4 is 10.1 Å². The minimum atomic E-state index is -0.393. The molecule has 9 nitrogen and oxygen atoms in total. The summed E-state index contributed by atoms with van der Waals surface area (Å²) in [5, 5.41) is 10.9. The normalized spacial score (nSPS) is 13.2. The van der Waals surface area contributed by atoms with Gasteiger partial charge < -0.3 is 14.6 Å². The molecule has 0 saturated heterocycles. The van der Waals surface area contributed by atoms with Gasteiger partial charge in [-0.25, -0.2) is 9.97 Å². The lowest BCUT2D eigenvalue weighted by molar-refractivity contribution is 0.102. The second-order valence-electron chi connectivity index (χ2n) is 8.17. The van der Waals surface area contributed by atoms with E-state index < -0.39 is 5.91 Å². The van der Waals surface area contributed by atoms with Crippen molar-refractivity contribution in [1.29, 1.82) is 0 Å². The van der Waals surface area contributed by atoms with Crippen LogP contribution in [0.4, 0.5) is 5.82 Å². The van der Waals surface area contributed by atoms with E-state index in [4.69, 9.17) is 4.74 Å². The summed E-state index contributed by atoms with van der Waals surface area (Å²) in [7, 11) is 0. The van der Waals surface area contributed by atoms with Gasteiger partial charge in [0.1, 0.15) is 29.3 Å². The van der Waals surface area contributed by atoms with Gasteiger partial charge in [-0.15, -0.1) is 10.2 Å². The Bertz CT molecular complexity index is 1300. The highest BCUT2D eigenvalue weighted by molar-refractivity contribution is 6.02. The molecule has 1 saturated carbocycles.